The number of nitrogens with zero attached hydrogens (tertiary/aromatic N) is 2. The first-order valence-electron chi connectivity index (χ1n) is 6.05. The van der Waals surface area contributed by atoms with Crippen LogP contribution in [-0.4, -0.2) is 21.0 Å². The Kier molecular flexibility index (Phi) is 4.54. The maximum atomic E-state index is 10.9. The first kappa shape index (κ1) is 15.0. The topological polar surface area (TPSA) is 93.3 Å². The van der Waals surface area contributed by atoms with E-state index < -0.39 is 10.9 Å². The Morgan fingerprint density at radius 2 is 2.05 bits per heavy atom. The molecule has 1 aromatic heterocycles. The summed E-state index contributed by atoms with van der Waals surface area (Å²) in [5.41, 5.74) is 1.26. The molecule has 7 heteroatoms. The molecule has 108 valence electrons. The summed E-state index contributed by atoms with van der Waals surface area (Å²) >= 11 is 1.29. The van der Waals surface area contributed by atoms with Crippen molar-refractivity contribution in [3.8, 4) is 0 Å². The van der Waals surface area contributed by atoms with Crippen LogP contribution < -0.4 is 0 Å². The van der Waals surface area contributed by atoms with Crippen LogP contribution >= 0.6 is 11.8 Å². The zero-order chi connectivity index (χ0) is 15.4. The van der Waals surface area contributed by atoms with E-state index in [0.717, 1.165) is 4.90 Å². The number of benzene rings is 1. The molecule has 6 nitrogen and oxygen atoms in total. The first-order valence-corrected chi connectivity index (χ1v) is 6.87. The van der Waals surface area contributed by atoms with Gasteiger partial charge in [0.25, 0.3) is 5.69 Å². The van der Waals surface area contributed by atoms with Crippen molar-refractivity contribution in [2.75, 3.05) is 0 Å². The Balaban J connectivity index is 2.16. The summed E-state index contributed by atoms with van der Waals surface area (Å²) in [5, 5.41) is 20.1. The van der Waals surface area contributed by atoms with Gasteiger partial charge in [-0.25, -0.2) is 4.98 Å². The Hall–Kier alpha value is -2.41. The molecule has 1 N–H and O–H groups in total. The highest BCUT2D eigenvalue weighted by Gasteiger charge is 2.12. The lowest BCUT2D eigenvalue weighted by atomic mass is 10.2. The molecule has 0 aliphatic rings. The summed E-state index contributed by atoms with van der Waals surface area (Å²) < 4.78 is 0. The van der Waals surface area contributed by atoms with Crippen LogP contribution in [0.2, 0.25) is 0 Å². The average molecular weight is 304 g/mol. The molecule has 0 bridgehead atoms. The number of aliphatic carboxylic acids is 1. The van der Waals surface area contributed by atoms with Crippen molar-refractivity contribution < 1.29 is 14.8 Å². The second kappa shape index (κ2) is 6.36. The zero-order valence-corrected chi connectivity index (χ0v) is 12.0. The van der Waals surface area contributed by atoms with Crippen LogP contribution in [0, 0.1) is 17.0 Å². The van der Waals surface area contributed by atoms with Crippen molar-refractivity contribution in [2.24, 2.45) is 0 Å². The number of hydrogen-bond donors (Lipinski definition) is 1. The van der Waals surface area contributed by atoms with Gasteiger partial charge in [-0.3, -0.25) is 14.9 Å². The normalized spacial score (nSPS) is 10.3. The zero-order valence-electron chi connectivity index (χ0n) is 11.1. The lowest BCUT2D eigenvalue weighted by Gasteiger charge is -2.03. The third kappa shape index (κ3) is 4.03. The molecular formula is C14H12N2O4S. The van der Waals surface area contributed by atoms with Gasteiger partial charge in [0.1, 0.15) is 5.03 Å². The van der Waals surface area contributed by atoms with Gasteiger partial charge in [-0.1, -0.05) is 23.9 Å². The van der Waals surface area contributed by atoms with Crippen LogP contribution in [0.3, 0.4) is 0 Å². The summed E-state index contributed by atoms with van der Waals surface area (Å²) in [7, 11) is 0. The lowest BCUT2D eigenvalue weighted by molar-refractivity contribution is -0.385. The monoisotopic (exact) mass is 304 g/mol. The molecular weight excluding hydrogens is 292 g/mol. The van der Waals surface area contributed by atoms with E-state index in [0.29, 0.717) is 16.2 Å². The minimum absolute atomic E-state index is 0.0286. The molecule has 0 radical (unpaired) electrons. The molecule has 0 unspecified atom stereocenters. The standard InChI is InChI=1S/C14H12N2O4S/c1-9-8-15-13(7-12(9)16(19)20)21-11-4-2-10(3-5-11)6-14(17)18/h2-5,7-8H,6H2,1H3,(H,17,18). The van der Waals surface area contributed by atoms with Crippen LogP contribution in [-0.2, 0) is 11.2 Å². The molecule has 0 atom stereocenters. The number of rotatable bonds is 5. The summed E-state index contributed by atoms with van der Waals surface area (Å²) in [5.74, 6) is -0.883. The fourth-order valence-corrected chi connectivity index (χ4v) is 2.51. The predicted octanol–water partition coefficient (Wildman–Crippen LogP) is 3.08. The lowest BCUT2D eigenvalue weighted by Crippen LogP contribution is -1.99. The summed E-state index contributed by atoms with van der Waals surface area (Å²) in [6.45, 7) is 1.64. The second-order valence-corrected chi connectivity index (χ2v) is 5.48. The van der Waals surface area contributed by atoms with Crippen molar-refractivity contribution in [3.63, 3.8) is 0 Å². The summed E-state index contributed by atoms with van der Waals surface area (Å²) in [6.07, 6.45) is 1.44. The Labute approximate surface area is 125 Å². The first-order chi connectivity index (χ1) is 9.95. The summed E-state index contributed by atoms with van der Waals surface area (Å²) in [4.78, 5) is 26.0. The van der Waals surface area contributed by atoms with Crippen LogP contribution in [0.25, 0.3) is 0 Å². The smallest absolute Gasteiger partial charge is 0.307 e. The Morgan fingerprint density at radius 1 is 1.38 bits per heavy atom. The fraction of sp³-hybridized carbons (Fsp3) is 0.143. The third-order valence-electron chi connectivity index (χ3n) is 2.75. The SMILES string of the molecule is Cc1cnc(Sc2ccc(CC(=O)O)cc2)cc1[N+](=O)[O-]. The van der Waals surface area contributed by atoms with E-state index >= 15 is 0 Å². The Morgan fingerprint density at radius 3 is 2.62 bits per heavy atom. The molecule has 0 spiro atoms. The molecule has 1 aromatic carbocycles. The molecule has 0 aliphatic heterocycles. The molecule has 1 heterocycles. The molecule has 2 rings (SSSR count). The minimum Gasteiger partial charge on any atom is -0.481 e. The second-order valence-electron chi connectivity index (χ2n) is 4.38. The van der Waals surface area contributed by atoms with Gasteiger partial charge in [0, 0.05) is 22.7 Å². The number of hydrogen-bond acceptors (Lipinski definition) is 5. The molecule has 0 fully saturated rings. The van der Waals surface area contributed by atoms with E-state index in [9.17, 15) is 14.9 Å². The largest absolute Gasteiger partial charge is 0.481 e. The van der Waals surface area contributed by atoms with E-state index in [-0.39, 0.29) is 12.1 Å². The molecule has 0 saturated heterocycles. The van der Waals surface area contributed by atoms with Gasteiger partial charge in [0.05, 0.1) is 11.3 Å². The van der Waals surface area contributed by atoms with E-state index in [1.807, 2.05) is 0 Å². The van der Waals surface area contributed by atoms with Gasteiger partial charge in [0.15, 0.2) is 0 Å². The number of carbonyl (C=O) groups is 1. The molecule has 0 aliphatic carbocycles. The minimum atomic E-state index is -0.883. The number of carboxylic acid groups (broad SMARTS) is 1. The van der Waals surface area contributed by atoms with Gasteiger partial charge < -0.3 is 5.11 Å². The van der Waals surface area contributed by atoms with Crippen molar-refractivity contribution in [2.45, 2.75) is 23.3 Å². The highest BCUT2D eigenvalue weighted by Crippen LogP contribution is 2.29. The number of carboxylic acids is 1. The Bertz CT molecular complexity index is 686. The van der Waals surface area contributed by atoms with Gasteiger partial charge in [-0.15, -0.1) is 0 Å². The number of aryl methyl sites for hydroxylation is 1. The number of nitro groups is 1. The van der Waals surface area contributed by atoms with Gasteiger partial charge in [0.2, 0.25) is 0 Å². The van der Waals surface area contributed by atoms with E-state index in [4.69, 9.17) is 5.11 Å². The van der Waals surface area contributed by atoms with Crippen molar-refractivity contribution in [1.29, 1.82) is 0 Å². The van der Waals surface area contributed by atoms with Crippen molar-refractivity contribution in [1.82, 2.24) is 4.98 Å². The maximum Gasteiger partial charge on any atom is 0.307 e. The average Bonchev–Trinajstić information content (AvgIpc) is 2.42. The molecule has 0 saturated carbocycles. The highest BCUT2D eigenvalue weighted by atomic mass is 32.2. The quantitative estimate of drug-likeness (QED) is 0.674. The number of pyridine rings is 1. The van der Waals surface area contributed by atoms with Crippen molar-refractivity contribution in [3.05, 3.63) is 57.8 Å². The van der Waals surface area contributed by atoms with Gasteiger partial charge in [-0.05, 0) is 24.6 Å². The predicted molar refractivity (Wildman–Crippen MR) is 77.5 cm³/mol. The van der Waals surface area contributed by atoms with E-state index in [1.165, 1.54) is 24.0 Å². The third-order valence-corrected chi connectivity index (χ3v) is 3.69. The van der Waals surface area contributed by atoms with Crippen LogP contribution in [0.5, 0.6) is 0 Å². The van der Waals surface area contributed by atoms with Crippen LogP contribution in [0.15, 0.2) is 46.5 Å². The molecule has 0 amide bonds. The van der Waals surface area contributed by atoms with E-state index in [1.54, 1.807) is 31.2 Å². The van der Waals surface area contributed by atoms with Gasteiger partial charge in [-0.2, -0.15) is 0 Å². The van der Waals surface area contributed by atoms with E-state index in [2.05, 4.69) is 4.98 Å². The van der Waals surface area contributed by atoms with Crippen LogP contribution in [0.4, 0.5) is 5.69 Å². The number of aromatic nitrogens is 1. The molecule has 21 heavy (non-hydrogen) atoms. The maximum absolute atomic E-state index is 10.9. The summed E-state index contributed by atoms with van der Waals surface area (Å²) in [6, 6.07) is 8.43. The van der Waals surface area contributed by atoms with Crippen molar-refractivity contribution >= 4 is 23.4 Å². The molecule has 2 aromatic rings. The van der Waals surface area contributed by atoms with Gasteiger partial charge >= 0.3 is 5.97 Å². The highest BCUT2D eigenvalue weighted by molar-refractivity contribution is 7.99. The fourth-order valence-electron chi connectivity index (χ4n) is 1.72. The van der Waals surface area contributed by atoms with Crippen LogP contribution in [0.1, 0.15) is 11.1 Å².